The van der Waals surface area contributed by atoms with Gasteiger partial charge in [-0.1, -0.05) is 12.8 Å². The van der Waals surface area contributed by atoms with Gasteiger partial charge in [-0.15, -0.1) is 0 Å². The number of rotatable bonds is 4. The topological polar surface area (TPSA) is 86.8 Å². The zero-order chi connectivity index (χ0) is 17.3. The molecule has 3 rings (SSSR count). The van der Waals surface area contributed by atoms with Crippen molar-refractivity contribution >= 4 is 52.0 Å². The lowest BCUT2D eigenvalue weighted by molar-refractivity contribution is -0.144. The van der Waals surface area contributed by atoms with Crippen LogP contribution in [-0.4, -0.2) is 46.1 Å². The molecule has 0 radical (unpaired) electrons. The monoisotopic (exact) mass is 441 g/mol. The van der Waals surface area contributed by atoms with E-state index in [1.165, 1.54) is 0 Å². The van der Waals surface area contributed by atoms with Crippen LogP contribution in [0.2, 0.25) is 0 Å². The molecule has 0 aromatic heterocycles. The number of carbonyl (C=O) groups excluding carboxylic acids is 4. The fourth-order valence-electron chi connectivity index (χ4n) is 3.02. The van der Waals surface area contributed by atoms with E-state index in [2.05, 4.69) is 27.9 Å². The molecule has 1 N–H and O–H groups in total. The molecule has 1 aliphatic carbocycles. The van der Waals surface area contributed by atoms with Gasteiger partial charge in [-0.25, -0.2) is 9.69 Å². The molecule has 0 spiro atoms. The Morgan fingerprint density at radius 2 is 1.71 bits per heavy atom. The summed E-state index contributed by atoms with van der Waals surface area (Å²) < 4.78 is 1.02. The zero-order valence-electron chi connectivity index (χ0n) is 12.8. The van der Waals surface area contributed by atoms with E-state index in [0.29, 0.717) is 18.5 Å². The number of imide groups is 2. The lowest BCUT2D eigenvalue weighted by Crippen LogP contribution is -2.41. The van der Waals surface area contributed by atoms with E-state index in [-0.39, 0.29) is 6.04 Å². The molecule has 1 aromatic carbocycles. The third-order valence-corrected chi connectivity index (χ3v) is 4.92. The van der Waals surface area contributed by atoms with Crippen molar-refractivity contribution in [2.24, 2.45) is 0 Å². The van der Waals surface area contributed by atoms with Gasteiger partial charge in [0.1, 0.15) is 6.54 Å². The molecule has 1 saturated carbocycles. The standard InChI is InChI=1S/C16H16IN3O4/c17-10-5-7-11(8-6-10)18-13(21)9-19-14(22)15(23)20(16(19)24)12-3-1-2-4-12/h5-8,12H,1-4,9H2,(H,18,21). The van der Waals surface area contributed by atoms with E-state index < -0.39 is 30.3 Å². The molecule has 1 heterocycles. The predicted molar refractivity (Wildman–Crippen MR) is 94.0 cm³/mol. The van der Waals surface area contributed by atoms with E-state index in [9.17, 15) is 19.2 Å². The maximum atomic E-state index is 12.4. The summed E-state index contributed by atoms with van der Waals surface area (Å²) in [6.07, 6.45) is 3.30. The molecular formula is C16H16IN3O4. The van der Waals surface area contributed by atoms with Crippen LogP contribution >= 0.6 is 22.6 Å². The molecule has 0 bridgehead atoms. The van der Waals surface area contributed by atoms with Crippen molar-refractivity contribution in [3.8, 4) is 0 Å². The maximum Gasteiger partial charge on any atom is 0.334 e. The van der Waals surface area contributed by atoms with Crippen molar-refractivity contribution in [3.05, 3.63) is 27.8 Å². The van der Waals surface area contributed by atoms with Crippen molar-refractivity contribution in [1.29, 1.82) is 0 Å². The van der Waals surface area contributed by atoms with Gasteiger partial charge in [0, 0.05) is 15.3 Å². The van der Waals surface area contributed by atoms with Crippen LogP contribution in [0.4, 0.5) is 10.5 Å². The van der Waals surface area contributed by atoms with Gasteiger partial charge in [0.25, 0.3) is 0 Å². The number of carbonyl (C=O) groups is 4. The van der Waals surface area contributed by atoms with Crippen molar-refractivity contribution in [2.75, 3.05) is 11.9 Å². The second kappa shape index (κ2) is 6.88. The Kier molecular flexibility index (Phi) is 4.83. The first kappa shape index (κ1) is 16.9. The van der Waals surface area contributed by atoms with Gasteiger partial charge in [0.15, 0.2) is 0 Å². The number of urea groups is 1. The largest absolute Gasteiger partial charge is 0.334 e. The van der Waals surface area contributed by atoms with Gasteiger partial charge < -0.3 is 5.32 Å². The number of anilines is 1. The number of hydrogen-bond acceptors (Lipinski definition) is 4. The molecule has 1 aromatic rings. The third kappa shape index (κ3) is 3.28. The highest BCUT2D eigenvalue weighted by molar-refractivity contribution is 14.1. The van der Waals surface area contributed by atoms with E-state index in [4.69, 9.17) is 0 Å². The highest BCUT2D eigenvalue weighted by atomic mass is 127. The molecule has 7 nitrogen and oxygen atoms in total. The Hall–Kier alpha value is -1.97. The average molecular weight is 441 g/mol. The number of benzene rings is 1. The lowest BCUT2D eigenvalue weighted by atomic mass is 10.2. The Bertz CT molecular complexity index is 698. The van der Waals surface area contributed by atoms with Gasteiger partial charge in [-0.05, 0) is 59.7 Å². The summed E-state index contributed by atoms with van der Waals surface area (Å²) in [5.74, 6) is -2.27. The molecule has 24 heavy (non-hydrogen) atoms. The Balaban J connectivity index is 1.66. The van der Waals surface area contributed by atoms with Crippen LogP contribution in [0, 0.1) is 3.57 Å². The van der Waals surface area contributed by atoms with Crippen LogP contribution in [0.1, 0.15) is 25.7 Å². The molecule has 1 aliphatic heterocycles. The van der Waals surface area contributed by atoms with Gasteiger partial charge in [-0.3, -0.25) is 19.3 Å². The first-order valence-electron chi connectivity index (χ1n) is 7.72. The Morgan fingerprint density at radius 3 is 2.33 bits per heavy atom. The van der Waals surface area contributed by atoms with Crippen LogP contribution in [0.5, 0.6) is 0 Å². The fraction of sp³-hybridized carbons (Fsp3) is 0.375. The minimum absolute atomic E-state index is 0.224. The van der Waals surface area contributed by atoms with Crippen LogP contribution in [0.15, 0.2) is 24.3 Å². The van der Waals surface area contributed by atoms with E-state index in [1.54, 1.807) is 12.1 Å². The second-order valence-corrected chi connectivity index (χ2v) is 7.09. The van der Waals surface area contributed by atoms with Crippen molar-refractivity contribution < 1.29 is 19.2 Å². The van der Waals surface area contributed by atoms with Crippen molar-refractivity contribution in [3.63, 3.8) is 0 Å². The molecule has 0 atom stereocenters. The summed E-state index contributed by atoms with van der Waals surface area (Å²) in [5, 5.41) is 2.62. The summed E-state index contributed by atoms with van der Waals surface area (Å²) in [6.45, 7) is -0.460. The first-order valence-corrected chi connectivity index (χ1v) is 8.79. The van der Waals surface area contributed by atoms with Gasteiger partial charge in [0.05, 0.1) is 0 Å². The second-order valence-electron chi connectivity index (χ2n) is 5.84. The van der Waals surface area contributed by atoms with Gasteiger partial charge in [-0.2, -0.15) is 0 Å². The quantitative estimate of drug-likeness (QED) is 0.440. The molecule has 0 unspecified atom stereocenters. The van der Waals surface area contributed by atoms with Crippen molar-refractivity contribution in [2.45, 2.75) is 31.7 Å². The number of nitrogens with zero attached hydrogens (tertiary/aromatic N) is 2. The smallest absolute Gasteiger partial charge is 0.325 e. The molecule has 5 amide bonds. The van der Waals surface area contributed by atoms with Crippen LogP contribution in [0.25, 0.3) is 0 Å². The normalized spacial score (nSPS) is 18.6. The SMILES string of the molecule is O=C(CN1C(=O)C(=O)N(C2CCCC2)C1=O)Nc1ccc(I)cc1. The van der Waals surface area contributed by atoms with Crippen LogP contribution in [0.3, 0.4) is 0 Å². The third-order valence-electron chi connectivity index (χ3n) is 4.20. The summed E-state index contributed by atoms with van der Waals surface area (Å²) in [5.41, 5.74) is 0.568. The molecule has 126 valence electrons. The molecule has 2 fully saturated rings. The lowest BCUT2D eigenvalue weighted by Gasteiger charge is -2.20. The van der Waals surface area contributed by atoms with Crippen LogP contribution in [-0.2, 0) is 14.4 Å². The first-order chi connectivity index (χ1) is 11.5. The fourth-order valence-corrected chi connectivity index (χ4v) is 3.38. The number of hydrogen-bond donors (Lipinski definition) is 1. The summed E-state index contributed by atoms with van der Waals surface area (Å²) in [4.78, 5) is 50.3. The van der Waals surface area contributed by atoms with E-state index in [1.807, 2.05) is 12.1 Å². The summed E-state index contributed by atoms with van der Waals surface area (Å²) in [7, 11) is 0. The summed E-state index contributed by atoms with van der Waals surface area (Å²) >= 11 is 2.15. The molecule has 8 heteroatoms. The highest BCUT2D eigenvalue weighted by Crippen LogP contribution is 2.27. The highest BCUT2D eigenvalue weighted by Gasteiger charge is 2.48. The minimum Gasteiger partial charge on any atom is -0.325 e. The average Bonchev–Trinajstić information content (AvgIpc) is 3.14. The molecular weight excluding hydrogens is 425 g/mol. The van der Waals surface area contributed by atoms with Gasteiger partial charge in [0.2, 0.25) is 5.91 Å². The number of halogens is 1. The maximum absolute atomic E-state index is 12.4. The van der Waals surface area contributed by atoms with E-state index in [0.717, 1.165) is 26.2 Å². The van der Waals surface area contributed by atoms with Gasteiger partial charge >= 0.3 is 17.8 Å². The number of nitrogens with one attached hydrogen (secondary N) is 1. The molecule has 2 aliphatic rings. The molecule has 1 saturated heterocycles. The Labute approximate surface area is 152 Å². The van der Waals surface area contributed by atoms with Crippen molar-refractivity contribution in [1.82, 2.24) is 9.80 Å². The Morgan fingerprint density at radius 1 is 1.08 bits per heavy atom. The zero-order valence-corrected chi connectivity index (χ0v) is 15.0. The summed E-state index contributed by atoms with van der Waals surface area (Å²) in [6, 6.07) is 6.20. The predicted octanol–water partition coefficient (Wildman–Crippen LogP) is 1.96. The minimum atomic E-state index is -0.926. The number of amides is 5. The van der Waals surface area contributed by atoms with Crippen LogP contribution < -0.4 is 5.32 Å². The van der Waals surface area contributed by atoms with E-state index >= 15 is 0 Å².